The van der Waals surface area contributed by atoms with Gasteiger partial charge in [-0.3, -0.25) is 14.9 Å². The maximum atomic E-state index is 11.8. The standard InChI is InChI=1S/C10H12ClN3O3S/c1-18-3-2-13-10(15)7-4-6(14(16)17)5-8(11)9(7)12/h4-5H,2-3,12H2,1H3,(H,13,15). The van der Waals surface area contributed by atoms with Crippen LogP contribution in [0, 0.1) is 10.1 Å². The van der Waals surface area contributed by atoms with Gasteiger partial charge in [0.05, 0.1) is 21.2 Å². The van der Waals surface area contributed by atoms with Gasteiger partial charge in [0, 0.05) is 24.4 Å². The molecule has 0 aliphatic rings. The van der Waals surface area contributed by atoms with Crippen molar-refractivity contribution in [2.24, 2.45) is 0 Å². The summed E-state index contributed by atoms with van der Waals surface area (Å²) in [6, 6.07) is 2.24. The summed E-state index contributed by atoms with van der Waals surface area (Å²) in [5.41, 5.74) is 5.44. The van der Waals surface area contributed by atoms with Crippen LogP contribution < -0.4 is 11.1 Å². The molecule has 6 nitrogen and oxygen atoms in total. The summed E-state index contributed by atoms with van der Waals surface area (Å²) in [7, 11) is 0. The molecule has 0 fully saturated rings. The van der Waals surface area contributed by atoms with Gasteiger partial charge in [-0.05, 0) is 6.26 Å². The van der Waals surface area contributed by atoms with Crippen LogP contribution in [0.5, 0.6) is 0 Å². The second-order valence-corrected chi connectivity index (χ2v) is 4.79. The Labute approximate surface area is 113 Å². The van der Waals surface area contributed by atoms with Gasteiger partial charge in [-0.1, -0.05) is 11.6 Å². The molecular formula is C10H12ClN3O3S. The largest absolute Gasteiger partial charge is 0.397 e. The molecule has 0 aromatic heterocycles. The molecule has 0 saturated heterocycles. The van der Waals surface area contributed by atoms with Crippen molar-refractivity contribution in [2.75, 3.05) is 24.3 Å². The summed E-state index contributed by atoms with van der Waals surface area (Å²) in [4.78, 5) is 21.8. The number of nitrogens with zero attached hydrogens (tertiary/aromatic N) is 1. The lowest BCUT2D eigenvalue weighted by atomic mass is 10.1. The number of carbonyl (C=O) groups is 1. The number of nitrogens with two attached hydrogens (primary N) is 1. The molecule has 1 rings (SSSR count). The lowest BCUT2D eigenvalue weighted by Gasteiger charge is -2.08. The predicted octanol–water partition coefficient (Wildman–Crippen LogP) is 1.92. The van der Waals surface area contributed by atoms with E-state index in [1.165, 1.54) is 0 Å². The van der Waals surface area contributed by atoms with E-state index in [9.17, 15) is 14.9 Å². The molecule has 8 heteroatoms. The van der Waals surface area contributed by atoms with Crippen LogP contribution in [0.1, 0.15) is 10.4 Å². The second kappa shape index (κ2) is 6.46. The van der Waals surface area contributed by atoms with Gasteiger partial charge in [0.2, 0.25) is 0 Å². The minimum Gasteiger partial charge on any atom is -0.397 e. The van der Waals surface area contributed by atoms with Crippen molar-refractivity contribution in [1.29, 1.82) is 0 Å². The lowest BCUT2D eigenvalue weighted by Crippen LogP contribution is -2.26. The van der Waals surface area contributed by atoms with Crippen molar-refractivity contribution >= 4 is 40.6 Å². The summed E-state index contributed by atoms with van der Waals surface area (Å²) < 4.78 is 0. The van der Waals surface area contributed by atoms with Crippen LogP contribution in [-0.4, -0.2) is 29.4 Å². The SMILES string of the molecule is CSCCNC(=O)c1cc([N+](=O)[O-])cc(Cl)c1N. The number of carbonyl (C=O) groups excluding carboxylic acids is 1. The average molecular weight is 290 g/mol. The van der Waals surface area contributed by atoms with E-state index in [0.29, 0.717) is 6.54 Å². The first-order valence-corrected chi connectivity index (χ1v) is 6.75. The molecule has 0 aliphatic heterocycles. The monoisotopic (exact) mass is 289 g/mol. The number of nitrogens with one attached hydrogen (secondary N) is 1. The Morgan fingerprint density at radius 1 is 1.61 bits per heavy atom. The molecule has 18 heavy (non-hydrogen) atoms. The van der Waals surface area contributed by atoms with E-state index >= 15 is 0 Å². The fraction of sp³-hybridized carbons (Fsp3) is 0.300. The molecular weight excluding hydrogens is 278 g/mol. The Morgan fingerprint density at radius 2 is 2.28 bits per heavy atom. The summed E-state index contributed by atoms with van der Waals surface area (Å²) in [6.07, 6.45) is 1.91. The summed E-state index contributed by atoms with van der Waals surface area (Å²) in [5, 5.41) is 13.3. The normalized spacial score (nSPS) is 10.1. The van der Waals surface area contributed by atoms with Crippen LogP contribution in [-0.2, 0) is 0 Å². The number of anilines is 1. The lowest BCUT2D eigenvalue weighted by molar-refractivity contribution is -0.384. The van der Waals surface area contributed by atoms with Gasteiger partial charge in [0.1, 0.15) is 0 Å². The molecule has 0 atom stereocenters. The van der Waals surface area contributed by atoms with E-state index < -0.39 is 10.8 Å². The molecule has 1 aromatic rings. The topological polar surface area (TPSA) is 98.3 Å². The third-order valence-electron chi connectivity index (χ3n) is 2.16. The van der Waals surface area contributed by atoms with E-state index in [2.05, 4.69) is 5.32 Å². The third-order valence-corrected chi connectivity index (χ3v) is 3.09. The predicted molar refractivity (Wildman–Crippen MR) is 73.2 cm³/mol. The summed E-state index contributed by atoms with van der Waals surface area (Å²) in [5.74, 6) is 0.279. The van der Waals surface area contributed by atoms with Crippen molar-refractivity contribution in [3.05, 3.63) is 32.8 Å². The first kappa shape index (κ1) is 14.6. The minimum atomic E-state index is -0.621. The molecule has 0 heterocycles. The zero-order chi connectivity index (χ0) is 13.7. The number of amides is 1. The first-order chi connectivity index (χ1) is 8.47. The molecule has 1 amide bonds. The molecule has 0 aliphatic carbocycles. The highest BCUT2D eigenvalue weighted by Crippen LogP contribution is 2.28. The van der Waals surface area contributed by atoms with E-state index in [-0.39, 0.29) is 22.0 Å². The van der Waals surface area contributed by atoms with Crippen molar-refractivity contribution in [3.63, 3.8) is 0 Å². The van der Waals surface area contributed by atoms with Gasteiger partial charge >= 0.3 is 0 Å². The number of thioether (sulfide) groups is 1. The van der Waals surface area contributed by atoms with Crippen LogP contribution in [0.3, 0.4) is 0 Å². The Balaban J connectivity index is 2.99. The van der Waals surface area contributed by atoms with Gasteiger partial charge < -0.3 is 11.1 Å². The third kappa shape index (κ3) is 3.51. The quantitative estimate of drug-likeness (QED) is 0.373. The van der Waals surface area contributed by atoms with E-state index in [1.54, 1.807) is 11.8 Å². The number of nitrogen functional groups attached to an aromatic ring is 1. The van der Waals surface area contributed by atoms with E-state index in [4.69, 9.17) is 17.3 Å². The van der Waals surface area contributed by atoms with Gasteiger partial charge in [0.25, 0.3) is 11.6 Å². The smallest absolute Gasteiger partial charge is 0.271 e. The van der Waals surface area contributed by atoms with Gasteiger partial charge in [-0.2, -0.15) is 11.8 Å². The number of nitro benzene ring substituents is 1. The first-order valence-electron chi connectivity index (χ1n) is 4.98. The van der Waals surface area contributed by atoms with E-state index in [0.717, 1.165) is 17.9 Å². The fourth-order valence-electron chi connectivity index (χ4n) is 1.26. The van der Waals surface area contributed by atoms with Crippen molar-refractivity contribution < 1.29 is 9.72 Å². The fourth-order valence-corrected chi connectivity index (χ4v) is 1.78. The maximum Gasteiger partial charge on any atom is 0.271 e. The van der Waals surface area contributed by atoms with Crippen LogP contribution in [0.4, 0.5) is 11.4 Å². The van der Waals surface area contributed by atoms with Gasteiger partial charge in [0.15, 0.2) is 0 Å². The van der Waals surface area contributed by atoms with Crippen LogP contribution in [0.25, 0.3) is 0 Å². The highest BCUT2D eigenvalue weighted by molar-refractivity contribution is 7.98. The van der Waals surface area contributed by atoms with Crippen LogP contribution >= 0.6 is 23.4 Å². The molecule has 0 unspecified atom stereocenters. The van der Waals surface area contributed by atoms with Crippen LogP contribution in [0.2, 0.25) is 5.02 Å². The zero-order valence-electron chi connectivity index (χ0n) is 9.60. The molecule has 0 bridgehead atoms. The number of nitro groups is 1. The van der Waals surface area contributed by atoms with E-state index in [1.807, 2.05) is 6.26 Å². The van der Waals surface area contributed by atoms with Crippen molar-refractivity contribution in [2.45, 2.75) is 0 Å². The number of hydrogen-bond acceptors (Lipinski definition) is 5. The Kier molecular flexibility index (Phi) is 5.24. The van der Waals surface area contributed by atoms with Crippen molar-refractivity contribution in [3.8, 4) is 0 Å². The summed E-state index contributed by atoms with van der Waals surface area (Å²) in [6.45, 7) is 0.458. The Hall–Kier alpha value is -1.47. The number of halogens is 1. The Bertz CT molecular complexity index is 482. The molecule has 0 spiro atoms. The molecule has 3 N–H and O–H groups in total. The summed E-state index contributed by atoms with van der Waals surface area (Å²) >= 11 is 7.33. The Morgan fingerprint density at radius 3 is 2.83 bits per heavy atom. The van der Waals surface area contributed by atoms with Gasteiger partial charge in [-0.15, -0.1) is 0 Å². The molecule has 0 radical (unpaired) electrons. The highest BCUT2D eigenvalue weighted by Gasteiger charge is 2.18. The number of non-ortho nitro benzene ring substituents is 1. The van der Waals surface area contributed by atoms with Crippen molar-refractivity contribution in [1.82, 2.24) is 5.32 Å². The number of rotatable bonds is 5. The molecule has 1 aromatic carbocycles. The maximum absolute atomic E-state index is 11.8. The minimum absolute atomic E-state index is 0.000725. The average Bonchev–Trinajstić information content (AvgIpc) is 2.32. The van der Waals surface area contributed by atoms with Gasteiger partial charge in [-0.25, -0.2) is 0 Å². The zero-order valence-corrected chi connectivity index (χ0v) is 11.2. The van der Waals surface area contributed by atoms with Crippen LogP contribution in [0.15, 0.2) is 12.1 Å². The second-order valence-electron chi connectivity index (χ2n) is 3.39. The number of hydrogen-bond donors (Lipinski definition) is 2. The molecule has 98 valence electrons. The highest BCUT2D eigenvalue weighted by atomic mass is 35.5. The molecule has 0 saturated carbocycles. The number of benzene rings is 1.